The number of carbonyl (C=O) groups excluding carboxylic acids is 1. The lowest BCUT2D eigenvalue weighted by Crippen LogP contribution is -2.10. The molecule has 4 nitrogen and oxygen atoms in total. The van der Waals surface area contributed by atoms with Gasteiger partial charge in [0.1, 0.15) is 5.82 Å². The molecule has 1 heterocycles. The summed E-state index contributed by atoms with van der Waals surface area (Å²) in [5.41, 5.74) is 1.14. The van der Waals surface area contributed by atoms with Gasteiger partial charge in [0, 0.05) is 11.8 Å². The molecule has 0 fully saturated rings. The molecule has 2 rings (SSSR count). The number of hydrogen-bond donors (Lipinski definition) is 0. The summed E-state index contributed by atoms with van der Waals surface area (Å²) >= 11 is 0. The van der Waals surface area contributed by atoms with Crippen LogP contribution in [-0.2, 0) is 11.2 Å². The third-order valence-corrected chi connectivity index (χ3v) is 2.43. The van der Waals surface area contributed by atoms with Crippen LogP contribution in [0.25, 0.3) is 10.9 Å². The van der Waals surface area contributed by atoms with Gasteiger partial charge in [-0.2, -0.15) is 0 Å². The Kier molecular flexibility index (Phi) is 3.32. The summed E-state index contributed by atoms with van der Waals surface area (Å²) in [6, 6.07) is 7.46. The van der Waals surface area contributed by atoms with Gasteiger partial charge in [0.25, 0.3) is 0 Å². The number of esters is 1. The molecular weight excluding hydrogens is 216 g/mol. The lowest BCUT2D eigenvalue weighted by atomic mass is 10.2. The first kappa shape index (κ1) is 11.5. The quantitative estimate of drug-likeness (QED) is 0.759. The Morgan fingerprint density at radius 1 is 1.24 bits per heavy atom. The van der Waals surface area contributed by atoms with E-state index >= 15 is 0 Å². The molecular formula is C13H14N2O2. The van der Waals surface area contributed by atoms with E-state index in [1.165, 1.54) is 0 Å². The van der Waals surface area contributed by atoms with Crippen LogP contribution in [0.1, 0.15) is 30.2 Å². The maximum absolute atomic E-state index is 11.8. The molecule has 0 amide bonds. The van der Waals surface area contributed by atoms with Gasteiger partial charge in [0.2, 0.25) is 0 Å². The standard InChI is InChI=1S/C13H14N2O2/c1-3-11-14-10-8-6-5-7-9(10)12(15-11)13(16)17-4-2/h5-8H,3-4H2,1-2H3. The highest BCUT2D eigenvalue weighted by Crippen LogP contribution is 2.16. The molecule has 2 aromatic rings. The molecule has 88 valence electrons. The van der Waals surface area contributed by atoms with Gasteiger partial charge >= 0.3 is 5.97 Å². The van der Waals surface area contributed by atoms with Crippen LogP contribution in [0.15, 0.2) is 24.3 Å². The number of fused-ring (bicyclic) bond motifs is 1. The molecule has 1 aromatic heterocycles. The van der Waals surface area contributed by atoms with Gasteiger partial charge in [-0.05, 0) is 13.0 Å². The number of nitrogens with zero attached hydrogens (tertiary/aromatic N) is 2. The average Bonchev–Trinajstić information content (AvgIpc) is 2.37. The maximum atomic E-state index is 11.8. The Labute approximate surface area is 99.7 Å². The molecule has 0 spiro atoms. The summed E-state index contributed by atoms with van der Waals surface area (Å²) in [6.45, 7) is 4.08. The molecule has 0 atom stereocenters. The van der Waals surface area contributed by atoms with Crippen LogP contribution >= 0.6 is 0 Å². The zero-order valence-electron chi connectivity index (χ0n) is 9.93. The first-order valence-electron chi connectivity index (χ1n) is 5.69. The van der Waals surface area contributed by atoms with Crippen molar-refractivity contribution in [2.24, 2.45) is 0 Å². The topological polar surface area (TPSA) is 52.1 Å². The van der Waals surface area contributed by atoms with Crippen LogP contribution in [0, 0.1) is 0 Å². The molecule has 0 bridgehead atoms. The van der Waals surface area contributed by atoms with Crippen LogP contribution in [0.3, 0.4) is 0 Å². The zero-order chi connectivity index (χ0) is 12.3. The van der Waals surface area contributed by atoms with Crippen LogP contribution in [0.5, 0.6) is 0 Å². The minimum atomic E-state index is -0.388. The minimum Gasteiger partial charge on any atom is -0.461 e. The fourth-order valence-electron chi connectivity index (χ4n) is 1.64. The van der Waals surface area contributed by atoms with E-state index in [9.17, 15) is 4.79 Å². The van der Waals surface area contributed by atoms with E-state index in [1.807, 2.05) is 31.2 Å². The van der Waals surface area contributed by atoms with Crippen molar-refractivity contribution in [1.29, 1.82) is 0 Å². The van der Waals surface area contributed by atoms with Crippen LogP contribution in [0.4, 0.5) is 0 Å². The van der Waals surface area contributed by atoms with Gasteiger partial charge in [0.05, 0.1) is 12.1 Å². The second-order valence-electron chi connectivity index (χ2n) is 3.58. The van der Waals surface area contributed by atoms with E-state index in [0.717, 1.165) is 10.9 Å². The van der Waals surface area contributed by atoms with Crippen molar-refractivity contribution in [2.75, 3.05) is 6.61 Å². The molecule has 0 unspecified atom stereocenters. The smallest absolute Gasteiger partial charge is 0.357 e. The second-order valence-corrected chi connectivity index (χ2v) is 3.58. The summed E-state index contributed by atoms with van der Waals surface area (Å²) < 4.78 is 5.01. The molecule has 0 N–H and O–H groups in total. The largest absolute Gasteiger partial charge is 0.461 e. The van der Waals surface area contributed by atoms with Crippen LogP contribution in [-0.4, -0.2) is 22.5 Å². The van der Waals surface area contributed by atoms with E-state index in [4.69, 9.17) is 4.74 Å². The summed E-state index contributed by atoms with van der Waals surface area (Å²) in [7, 11) is 0. The van der Waals surface area contributed by atoms with Gasteiger partial charge in [-0.15, -0.1) is 0 Å². The van der Waals surface area contributed by atoms with E-state index in [1.54, 1.807) is 6.92 Å². The number of aromatic nitrogens is 2. The highest BCUT2D eigenvalue weighted by Gasteiger charge is 2.14. The molecule has 17 heavy (non-hydrogen) atoms. The van der Waals surface area contributed by atoms with Crippen molar-refractivity contribution < 1.29 is 9.53 Å². The lowest BCUT2D eigenvalue weighted by molar-refractivity contribution is 0.0521. The molecule has 0 saturated heterocycles. The number of rotatable bonds is 3. The van der Waals surface area contributed by atoms with Gasteiger partial charge in [0.15, 0.2) is 5.69 Å². The van der Waals surface area contributed by atoms with Crippen molar-refractivity contribution in [1.82, 2.24) is 9.97 Å². The van der Waals surface area contributed by atoms with Gasteiger partial charge in [-0.25, -0.2) is 14.8 Å². The maximum Gasteiger partial charge on any atom is 0.357 e. The first-order valence-corrected chi connectivity index (χ1v) is 5.69. The molecule has 4 heteroatoms. The average molecular weight is 230 g/mol. The lowest BCUT2D eigenvalue weighted by Gasteiger charge is -2.06. The molecule has 1 aromatic carbocycles. The molecule has 0 aliphatic rings. The minimum absolute atomic E-state index is 0.346. The number of hydrogen-bond acceptors (Lipinski definition) is 4. The molecule has 0 aliphatic carbocycles. The Hall–Kier alpha value is -1.97. The fraction of sp³-hybridized carbons (Fsp3) is 0.308. The normalized spacial score (nSPS) is 10.5. The summed E-state index contributed by atoms with van der Waals surface area (Å²) in [5.74, 6) is 0.271. The number of aryl methyl sites for hydroxylation is 1. The van der Waals surface area contributed by atoms with Crippen LogP contribution < -0.4 is 0 Å². The molecule has 0 radical (unpaired) electrons. The first-order chi connectivity index (χ1) is 8.26. The SMILES string of the molecule is CCOC(=O)c1nc(CC)nc2ccccc12. The highest BCUT2D eigenvalue weighted by molar-refractivity contribution is 6.01. The number of para-hydroxylation sites is 1. The third-order valence-electron chi connectivity index (χ3n) is 2.43. The predicted octanol–water partition coefficient (Wildman–Crippen LogP) is 2.37. The summed E-state index contributed by atoms with van der Waals surface area (Å²) in [4.78, 5) is 20.4. The van der Waals surface area contributed by atoms with Crippen molar-refractivity contribution >= 4 is 16.9 Å². The second kappa shape index (κ2) is 4.91. The van der Waals surface area contributed by atoms with Crippen molar-refractivity contribution in [3.05, 3.63) is 35.8 Å². The van der Waals surface area contributed by atoms with Gasteiger partial charge in [-0.1, -0.05) is 25.1 Å². The van der Waals surface area contributed by atoms with Crippen LogP contribution in [0.2, 0.25) is 0 Å². The van der Waals surface area contributed by atoms with E-state index in [-0.39, 0.29) is 5.97 Å². The van der Waals surface area contributed by atoms with Crippen molar-refractivity contribution in [3.8, 4) is 0 Å². The van der Waals surface area contributed by atoms with Gasteiger partial charge < -0.3 is 4.74 Å². The predicted molar refractivity (Wildman–Crippen MR) is 64.9 cm³/mol. The molecule has 0 aliphatic heterocycles. The van der Waals surface area contributed by atoms with Crippen molar-refractivity contribution in [2.45, 2.75) is 20.3 Å². The Bertz CT molecular complexity index is 552. The van der Waals surface area contributed by atoms with Crippen molar-refractivity contribution in [3.63, 3.8) is 0 Å². The Balaban J connectivity index is 2.62. The molecule has 0 saturated carbocycles. The monoisotopic (exact) mass is 230 g/mol. The Morgan fingerprint density at radius 2 is 2.00 bits per heavy atom. The van der Waals surface area contributed by atoms with E-state index in [0.29, 0.717) is 24.5 Å². The number of benzene rings is 1. The number of ether oxygens (including phenoxy) is 1. The van der Waals surface area contributed by atoms with E-state index < -0.39 is 0 Å². The summed E-state index contributed by atoms with van der Waals surface area (Å²) in [6.07, 6.45) is 0.692. The highest BCUT2D eigenvalue weighted by atomic mass is 16.5. The fourth-order valence-corrected chi connectivity index (χ4v) is 1.64. The number of carbonyl (C=O) groups is 1. The zero-order valence-corrected chi connectivity index (χ0v) is 9.93. The van der Waals surface area contributed by atoms with Gasteiger partial charge in [-0.3, -0.25) is 0 Å². The Morgan fingerprint density at radius 3 is 2.71 bits per heavy atom. The van der Waals surface area contributed by atoms with E-state index in [2.05, 4.69) is 9.97 Å². The summed E-state index contributed by atoms with van der Waals surface area (Å²) in [5, 5.41) is 0.739. The third kappa shape index (κ3) is 2.25.